The van der Waals surface area contributed by atoms with Gasteiger partial charge in [0.15, 0.2) is 0 Å². The number of carbonyl (C=O) groups is 1. The standard InChI is InChI=1S/C19H21ClN2O3/c1-24-15-7-8-17(25-2)16(11-15)22-18(23)21-12-19(9-10-19)13-3-5-14(20)6-4-13/h3-8,11H,9-10,12H2,1-2H3,(H2,21,22,23). The van der Waals surface area contributed by atoms with Gasteiger partial charge in [0.2, 0.25) is 0 Å². The molecule has 1 aliphatic rings. The maximum atomic E-state index is 12.3. The van der Waals surface area contributed by atoms with E-state index in [2.05, 4.69) is 10.6 Å². The van der Waals surface area contributed by atoms with Crippen LogP contribution in [0.25, 0.3) is 0 Å². The Morgan fingerprint density at radius 3 is 2.44 bits per heavy atom. The van der Waals surface area contributed by atoms with Gasteiger partial charge in [0.25, 0.3) is 0 Å². The zero-order valence-electron chi connectivity index (χ0n) is 14.3. The van der Waals surface area contributed by atoms with Crippen LogP contribution in [0.1, 0.15) is 18.4 Å². The maximum absolute atomic E-state index is 12.3. The number of rotatable bonds is 6. The molecule has 0 radical (unpaired) electrons. The molecule has 2 amide bonds. The van der Waals surface area contributed by atoms with Crippen molar-refractivity contribution in [3.05, 3.63) is 53.1 Å². The Morgan fingerprint density at radius 1 is 1.12 bits per heavy atom. The van der Waals surface area contributed by atoms with E-state index in [1.807, 2.05) is 24.3 Å². The zero-order valence-corrected chi connectivity index (χ0v) is 15.0. The fourth-order valence-corrected chi connectivity index (χ4v) is 2.98. The van der Waals surface area contributed by atoms with Crippen molar-refractivity contribution in [2.45, 2.75) is 18.3 Å². The minimum atomic E-state index is -0.271. The van der Waals surface area contributed by atoms with Gasteiger partial charge < -0.3 is 20.1 Å². The second-order valence-corrected chi connectivity index (χ2v) is 6.60. The summed E-state index contributed by atoms with van der Waals surface area (Å²) in [5.41, 5.74) is 1.78. The van der Waals surface area contributed by atoms with E-state index in [1.165, 1.54) is 5.56 Å². The van der Waals surface area contributed by atoms with E-state index in [9.17, 15) is 4.79 Å². The number of ether oxygens (including phenoxy) is 2. The minimum absolute atomic E-state index is 0.0143. The molecule has 0 bridgehead atoms. The van der Waals surface area contributed by atoms with Crippen LogP contribution in [0, 0.1) is 0 Å². The molecule has 3 rings (SSSR count). The minimum Gasteiger partial charge on any atom is -0.497 e. The van der Waals surface area contributed by atoms with Crippen LogP contribution in [0.2, 0.25) is 5.02 Å². The summed E-state index contributed by atoms with van der Waals surface area (Å²) < 4.78 is 10.5. The molecule has 0 heterocycles. The molecule has 25 heavy (non-hydrogen) atoms. The third-order valence-electron chi connectivity index (χ3n) is 4.55. The summed E-state index contributed by atoms with van der Waals surface area (Å²) in [4.78, 5) is 12.3. The Balaban J connectivity index is 1.63. The van der Waals surface area contributed by atoms with Gasteiger partial charge in [-0.3, -0.25) is 0 Å². The SMILES string of the molecule is COc1ccc(OC)c(NC(=O)NCC2(c3ccc(Cl)cc3)CC2)c1. The Morgan fingerprint density at radius 2 is 1.84 bits per heavy atom. The first-order chi connectivity index (χ1) is 12.1. The average Bonchev–Trinajstić information content (AvgIpc) is 3.41. The summed E-state index contributed by atoms with van der Waals surface area (Å²) in [6.45, 7) is 0.576. The highest BCUT2D eigenvalue weighted by molar-refractivity contribution is 6.30. The molecule has 1 aliphatic carbocycles. The number of nitrogens with one attached hydrogen (secondary N) is 2. The molecule has 2 aromatic carbocycles. The number of amides is 2. The van der Waals surface area contributed by atoms with Crippen molar-refractivity contribution in [1.29, 1.82) is 0 Å². The van der Waals surface area contributed by atoms with Gasteiger partial charge in [0.05, 0.1) is 19.9 Å². The van der Waals surface area contributed by atoms with Gasteiger partial charge in [-0.05, 0) is 42.7 Å². The van der Waals surface area contributed by atoms with Crippen molar-refractivity contribution in [3.63, 3.8) is 0 Å². The van der Waals surface area contributed by atoms with E-state index in [0.717, 1.165) is 17.9 Å². The summed E-state index contributed by atoms with van der Waals surface area (Å²) in [6, 6.07) is 12.8. The normalized spacial score (nSPS) is 14.5. The lowest BCUT2D eigenvalue weighted by atomic mass is 9.96. The molecule has 1 fully saturated rings. The lowest BCUT2D eigenvalue weighted by molar-refractivity contribution is 0.251. The molecule has 0 aliphatic heterocycles. The molecular formula is C19H21ClN2O3. The van der Waals surface area contributed by atoms with Crippen molar-refractivity contribution >= 4 is 23.3 Å². The fraction of sp³-hybridized carbons (Fsp3) is 0.316. The third-order valence-corrected chi connectivity index (χ3v) is 4.80. The van der Waals surface area contributed by atoms with E-state index in [1.54, 1.807) is 32.4 Å². The number of anilines is 1. The monoisotopic (exact) mass is 360 g/mol. The second-order valence-electron chi connectivity index (χ2n) is 6.16. The molecule has 0 saturated heterocycles. The molecule has 2 aromatic rings. The van der Waals surface area contributed by atoms with Crippen LogP contribution in [0.15, 0.2) is 42.5 Å². The molecule has 5 nitrogen and oxygen atoms in total. The molecule has 6 heteroatoms. The van der Waals surface area contributed by atoms with Crippen molar-refractivity contribution in [1.82, 2.24) is 5.32 Å². The molecule has 1 saturated carbocycles. The predicted octanol–water partition coefficient (Wildman–Crippen LogP) is 4.21. The quantitative estimate of drug-likeness (QED) is 0.811. The zero-order chi connectivity index (χ0) is 17.9. The summed E-state index contributed by atoms with van der Waals surface area (Å²) >= 11 is 5.95. The largest absolute Gasteiger partial charge is 0.497 e. The maximum Gasteiger partial charge on any atom is 0.319 e. The van der Waals surface area contributed by atoms with Crippen molar-refractivity contribution in [2.24, 2.45) is 0 Å². The van der Waals surface area contributed by atoms with Gasteiger partial charge in [0.1, 0.15) is 11.5 Å². The van der Waals surface area contributed by atoms with Crippen LogP contribution >= 0.6 is 11.6 Å². The van der Waals surface area contributed by atoms with E-state index in [4.69, 9.17) is 21.1 Å². The van der Waals surface area contributed by atoms with Gasteiger partial charge in [0, 0.05) is 23.0 Å². The van der Waals surface area contributed by atoms with Crippen molar-refractivity contribution in [2.75, 3.05) is 26.1 Å². The lowest BCUT2D eigenvalue weighted by Gasteiger charge is -2.18. The summed E-state index contributed by atoms with van der Waals surface area (Å²) in [7, 11) is 3.14. The van der Waals surface area contributed by atoms with Gasteiger partial charge >= 0.3 is 6.03 Å². The Bertz CT molecular complexity index is 758. The molecule has 2 N–H and O–H groups in total. The number of hydrogen-bond donors (Lipinski definition) is 2. The third kappa shape index (κ3) is 3.99. The van der Waals surface area contributed by atoms with Gasteiger partial charge in [-0.15, -0.1) is 0 Å². The highest BCUT2D eigenvalue weighted by atomic mass is 35.5. The topological polar surface area (TPSA) is 59.6 Å². The van der Waals surface area contributed by atoms with Crippen LogP contribution in [-0.4, -0.2) is 26.8 Å². The first-order valence-electron chi connectivity index (χ1n) is 8.09. The van der Waals surface area contributed by atoms with Gasteiger partial charge in [-0.2, -0.15) is 0 Å². The van der Waals surface area contributed by atoms with Gasteiger partial charge in [-0.1, -0.05) is 23.7 Å². The molecule has 132 valence electrons. The van der Waals surface area contributed by atoms with E-state index < -0.39 is 0 Å². The number of halogens is 1. The second kappa shape index (κ2) is 7.23. The summed E-state index contributed by atoms with van der Waals surface area (Å²) in [6.07, 6.45) is 2.11. The first kappa shape index (κ1) is 17.4. The van der Waals surface area contributed by atoms with Crippen LogP contribution in [-0.2, 0) is 5.41 Å². The number of methoxy groups -OCH3 is 2. The van der Waals surface area contributed by atoms with Gasteiger partial charge in [-0.25, -0.2) is 4.79 Å². The summed E-state index contributed by atoms with van der Waals surface area (Å²) in [5.74, 6) is 1.23. The van der Waals surface area contributed by atoms with Crippen LogP contribution in [0.5, 0.6) is 11.5 Å². The molecule has 0 aromatic heterocycles. The van der Waals surface area contributed by atoms with Crippen LogP contribution in [0.4, 0.5) is 10.5 Å². The Kier molecular flexibility index (Phi) is 5.04. The first-order valence-corrected chi connectivity index (χ1v) is 8.47. The highest BCUT2D eigenvalue weighted by Gasteiger charge is 2.44. The summed E-state index contributed by atoms with van der Waals surface area (Å²) in [5, 5.41) is 6.50. The van der Waals surface area contributed by atoms with E-state index >= 15 is 0 Å². The van der Waals surface area contributed by atoms with Crippen molar-refractivity contribution < 1.29 is 14.3 Å². The van der Waals surface area contributed by atoms with Crippen LogP contribution < -0.4 is 20.1 Å². The van der Waals surface area contributed by atoms with E-state index in [-0.39, 0.29) is 11.4 Å². The Labute approximate surface area is 152 Å². The molecule has 0 atom stereocenters. The lowest BCUT2D eigenvalue weighted by Crippen LogP contribution is -2.35. The molecule has 0 unspecified atom stereocenters. The smallest absolute Gasteiger partial charge is 0.319 e. The van der Waals surface area contributed by atoms with Crippen LogP contribution in [0.3, 0.4) is 0 Å². The molecule has 0 spiro atoms. The Hall–Kier alpha value is -2.40. The number of urea groups is 1. The van der Waals surface area contributed by atoms with E-state index in [0.29, 0.717) is 23.7 Å². The number of hydrogen-bond acceptors (Lipinski definition) is 3. The molecular weight excluding hydrogens is 340 g/mol. The highest BCUT2D eigenvalue weighted by Crippen LogP contribution is 2.47. The fourth-order valence-electron chi connectivity index (χ4n) is 2.85. The average molecular weight is 361 g/mol. The predicted molar refractivity (Wildman–Crippen MR) is 98.9 cm³/mol. The number of benzene rings is 2. The number of carbonyl (C=O) groups excluding carboxylic acids is 1. The van der Waals surface area contributed by atoms with Crippen molar-refractivity contribution in [3.8, 4) is 11.5 Å².